The maximum atomic E-state index is 9.03. The number of aromatic nitrogens is 2. The standard InChI is InChI=1S/C12H22N4O3/c1-4-13-11-10(19-3)12(15-8-14-11)16-9(5-6-17)7-18-2/h8-9,17H,4-7H2,1-3H3,(H2,13,14,15,16). The Bertz CT molecular complexity index is 370. The molecule has 3 N–H and O–H groups in total. The molecule has 0 spiro atoms. The third kappa shape index (κ3) is 4.53. The molecule has 7 heteroatoms. The van der Waals surface area contributed by atoms with Gasteiger partial charge in [0.15, 0.2) is 11.6 Å². The summed E-state index contributed by atoms with van der Waals surface area (Å²) in [6.07, 6.45) is 2.03. The summed E-state index contributed by atoms with van der Waals surface area (Å²) in [5.74, 6) is 1.79. The average molecular weight is 270 g/mol. The van der Waals surface area contributed by atoms with Crippen molar-refractivity contribution in [3.63, 3.8) is 0 Å². The number of anilines is 2. The van der Waals surface area contributed by atoms with E-state index >= 15 is 0 Å². The SMILES string of the molecule is CCNc1ncnc(NC(CCO)COC)c1OC. The van der Waals surface area contributed by atoms with Crippen LogP contribution in [0.4, 0.5) is 11.6 Å². The van der Waals surface area contributed by atoms with Crippen molar-refractivity contribution >= 4 is 11.6 Å². The number of methoxy groups -OCH3 is 2. The number of rotatable bonds is 9. The fourth-order valence-electron chi connectivity index (χ4n) is 1.71. The van der Waals surface area contributed by atoms with Gasteiger partial charge in [0.25, 0.3) is 0 Å². The first-order valence-electron chi connectivity index (χ1n) is 6.25. The Morgan fingerprint density at radius 1 is 1.32 bits per heavy atom. The van der Waals surface area contributed by atoms with Gasteiger partial charge in [-0.2, -0.15) is 0 Å². The highest BCUT2D eigenvalue weighted by atomic mass is 16.5. The molecule has 0 saturated carbocycles. The molecule has 1 rings (SSSR count). The minimum absolute atomic E-state index is 0.0340. The topological polar surface area (TPSA) is 88.5 Å². The number of ether oxygens (including phenoxy) is 2. The molecule has 1 atom stereocenters. The fourth-order valence-corrected chi connectivity index (χ4v) is 1.71. The van der Waals surface area contributed by atoms with Gasteiger partial charge in [-0.15, -0.1) is 0 Å². The van der Waals surface area contributed by atoms with E-state index in [1.54, 1.807) is 14.2 Å². The summed E-state index contributed by atoms with van der Waals surface area (Å²) < 4.78 is 10.4. The molecule has 1 unspecified atom stereocenters. The average Bonchev–Trinajstić information content (AvgIpc) is 2.40. The smallest absolute Gasteiger partial charge is 0.204 e. The summed E-state index contributed by atoms with van der Waals surface area (Å²) >= 11 is 0. The van der Waals surface area contributed by atoms with E-state index in [2.05, 4.69) is 20.6 Å². The number of aliphatic hydroxyl groups is 1. The van der Waals surface area contributed by atoms with Crippen LogP contribution in [-0.4, -0.2) is 55.1 Å². The van der Waals surface area contributed by atoms with Crippen LogP contribution in [0.1, 0.15) is 13.3 Å². The highest BCUT2D eigenvalue weighted by molar-refractivity contribution is 5.63. The third-order valence-corrected chi connectivity index (χ3v) is 2.54. The Balaban J connectivity index is 2.88. The summed E-state index contributed by atoms with van der Waals surface area (Å²) in [7, 11) is 3.19. The monoisotopic (exact) mass is 270 g/mol. The maximum Gasteiger partial charge on any atom is 0.204 e. The highest BCUT2D eigenvalue weighted by Gasteiger charge is 2.15. The summed E-state index contributed by atoms with van der Waals surface area (Å²) in [6, 6.07) is -0.0340. The van der Waals surface area contributed by atoms with Crippen molar-refractivity contribution in [2.24, 2.45) is 0 Å². The lowest BCUT2D eigenvalue weighted by atomic mass is 10.2. The lowest BCUT2D eigenvalue weighted by Gasteiger charge is -2.20. The van der Waals surface area contributed by atoms with Crippen molar-refractivity contribution in [1.82, 2.24) is 9.97 Å². The quantitative estimate of drug-likeness (QED) is 0.609. The molecule has 19 heavy (non-hydrogen) atoms. The van der Waals surface area contributed by atoms with E-state index in [0.717, 1.165) is 6.54 Å². The van der Waals surface area contributed by atoms with Crippen molar-refractivity contribution in [1.29, 1.82) is 0 Å². The van der Waals surface area contributed by atoms with Gasteiger partial charge in [0, 0.05) is 20.3 Å². The molecule has 0 aliphatic rings. The van der Waals surface area contributed by atoms with Gasteiger partial charge < -0.3 is 25.2 Å². The van der Waals surface area contributed by atoms with E-state index in [9.17, 15) is 0 Å². The van der Waals surface area contributed by atoms with Gasteiger partial charge in [0.1, 0.15) is 6.33 Å². The summed E-state index contributed by atoms with van der Waals surface area (Å²) in [5, 5.41) is 15.3. The Morgan fingerprint density at radius 3 is 2.63 bits per heavy atom. The first-order valence-corrected chi connectivity index (χ1v) is 6.25. The molecule has 1 aromatic heterocycles. The van der Waals surface area contributed by atoms with Crippen LogP contribution in [-0.2, 0) is 4.74 Å². The van der Waals surface area contributed by atoms with Crippen molar-refractivity contribution < 1.29 is 14.6 Å². The van der Waals surface area contributed by atoms with E-state index in [1.807, 2.05) is 6.92 Å². The molecule has 1 heterocycles. The van der Waals surface area contributed by atoms with Crippen LogP contribution in [0.2, 0.25) is 0 Å². The third-order valence-electron chi connectivity index (χ3n) is 2.54. The summed E-state index contributed by atoms with van der Waals surface area (Å²) in [5.41, 5.74) is 0. The van der Waals surface area contributed by atoms with Crippen LogP contribution in [0.25, 0.3) is 0 Å². The van der Waals surface area contributed by atoms with Crippen molar-refractivity contribution in [3.05, 3.63) is 6.33 Å². The van der Waals surface area contributed by atoms with Gasteiger partial charge in [-0.3, -0.25) is 0 Å². The zero-order valence-electron chi connectivity index (χ0n) is 11.6. The van der Waals surface area contributed by atoms with Crippen molar-refractivity contribution in [2.45, 2.75) is 19.4 Å². The van der Waals surface area contributed by atoms with Crippen molar-refractivity contribution in [3.8, 4) is 5.75 Å². The van der Waals surface area contributed by atoms with Crippen LogP contribution in [0.3, 0.4) is 0 Å². The molecule has 0 aromatic carbocycles. The molecule has 0 bridgehead atoms. The molecule has 0 aliphatic carbocycles. The molecular weight excluding hydrogens is 248 g/mol. The van der Waals surface area contributed by atoms with Gasteiger partial charge in [-0.1, -0.05) is 0 Å². The Morgan fingerprint density at radius 2 is 2.05 bits per heavy atom. The minimum Gasteiger partial charge on any atom is -0.490 e. The first kappa shape index (κ1) is 15.5. The normalized spacial score (nSPS) is 12.0. The largest absolute Gasteiger partial charge is 0.490 e. The second-order valence-electron chi connectivity index (χ2n) is 3.94. The van der Waals surface area contributed by atoms with Gasteiger partial charge in [-0.05, 0) is 13.3 Å². The fraction of sp³-hybridized carbons (Fsp3) is 0.667. The van der Waals surface area contributed by atoms with Crippen molar-refractivity contribution in [2.75, 3.05) is 44.6 Å². The maximum absolute atomic E-state index is 9.03. The van der Waals surface area contributed by atoms with Gasteiger partial charge in [0.05, 0.1) is 19.8 Å². The van der Waals surface area contributed by atoms with Crippen LogP contribution >= 0.6 is 0 Å². The van der Waals surface area contributed by atoms with Gasteiger partial charge in [0.2, 0.25) is 5.75 Å². The molecule has 0 aliphatic heterocycles. The highest BCUT2D eigenvalue weighted by Crippen LogP contribution is 2.29. The molecule has 0 amide bonds. The Hall–Kier alpha value is -1.60. The number of hydrogen-bond acceptors (Lipinski definition) is 7. The molecule has 0 saturated heterocycles. The van der Waals surface area contributed by atoms with Gasteiger partial charge in [-0.25, -0.2) is 9.97 Å². The van der Waals surface area contributed by atoms with Crippen LogP contribution in [0.5, 0.6) is 5.75 Å². The summed E-state index contributed by atoms with van der Waals surface area (Å²) in [4.78, 5) is 8.30. The number of aliphatic hydroxyl groups excluding tert-OH is 1. The van der Waals surface area contributed by atoms with Crippen LogP contribution in [0.15, 0.2) is 6.33 Å². The van der Waals surface area contributed by atoms with Crippen LogP contribution in [0, 0.1) is 0 Å². The second-order valence-corrected chi connectivity index (χ2v) is 3.94. The minimum atomic E-state index is -0.0340. The second kappa shape index (κ2) is 8.49. The van der Waals surface area contributed by atoms with Crippen LogP contribution < -0.4 is 15.4 Å². The van der Waals surface area contributed by atoms with Gasteiger partial charge >= 0.3 is 0 Å². The zero-order chi connectivity index (χ0) is 14.1. The molecule has 108 valence electrons. The molecular formula is C12H22N4O3. The summed E-state index contributed by atoms with van der Waals surface area (Å²) in [6.45, 7) is 3.28. The Labute approximate surface area is 113 Å². The predicted octanol–water partition coefficient (Wildman–Crippen LogP) is 0.726. The van der Waals surface area contributed by atoms with E-state index < -0.39 is 0 Å². The zero-order valence-corrected chi connectivity index (χ0v) is 11.6. The molecule has 7 nitrogen and oxygen atoms in total. The van der Waals surface area contributed by atoms with E-state index in [0.29, 0.717) is 30.4 Å². The molecule has 0 fully saturated rings. The number of hydrogen-bond donors (Lipinski definition) is 3. The lowest BCUT2D eigenvalue weighted by molar-refractivity contribution is 0.170. The predicted molar refractivity (Wildman–Crippen MR) is 73.7 cm³/mol. The number of nitrogens with one attached hydrogen (secondary N) is 2. The number of nitrogens with zero attached hydrogens (tertiary/aromatic N) is 2. The first-order chi connectivity index (χ1) is 9.26. The Kier molecular flexibility index (Phi) is 6.91. The lowest BCUT2D eigenvalue weighted by Crippen LogP contribution is -2.27. The van der Waals surface area contributed by atoms with E-state index in [1.165, 1.54) is 6.33 Å². The van der Waals surface area contributed by atoms with E-state index in [4.69, 9.17) is 14.6 Å². The molecule has 0 radical (unpaired) electrons. The van der Waals surface area contributed by atoms with E-state index in [-0.39, 0.29) is 12.6 Å². The molecule has 1 aromatic rings.